The van der Waals surface area contributed by atoms with E-state index in [2.05, 4.69) is 15.6 Å². The van der Waals surface area contributed by atoms with Crippen molar-refractivity contribution < 1.29 is 9.90 Å². The Hall–Kier alpha value is -1.43. The van der Waals surface area contributed by atoms with Gasteiger partial charge in [0.1, 0.15) is 6.54 Å². The van der Waals surface area contributed by atoms with Gasteiger partial charge in [0, 0.05) is 24.8 Å². The fourth-order valence-corrected chi connectivity index (χ4v) is 1.25. The Balaban J connectivity index is 2.50. The summed E-state index contributed by atoms with van der Waals surface area (Å²) in [5.74, 6) is -0.104. The minimum absolute atomic E-state index is 0.0346. The molecule has 1 aromatic rings. The molecule has 1 amide bonds. The van der Waals surface area contributed by atoms with Crippen LogP contribution in [0, 0.1) is 0 Å². The fourth-order valence-electron chi connectivity index (χ4n) is 1.25. The third kappa shape index (κ3) is 4.39. The molecule has 16 heavy (non-hydrogen) atoms. The van der Waals surface area contributed by atoms with E-state index in [1.165, 1.54) is 4.68 Å². The van der Waals surface area contributed by atoms with Gasteiger partial charge in [0.25, 0.3) is 0 Å². The van der Waals surface area contributed by atoms with Gasteiger partial charge in [-0.05, 0) is 20.8 Å². The van der Waals surface area contributed by atoms with Crippen LogP contribution in [0.15, 0.2) is 6.20 Å². The van der Waals surface area contributed by atoms with Gasteiger partial charge in [0.15, 0.2) is 0 Å². The monoisotopic (exact) mass is 226 g/mol. The zero-order valence-electron chi connectivity index (χ0n) is 9.90. The number of carbonyl (C=O) groups is 1. The van der Waals surface area contributed by atoms with Crippen molar-refractivity contribution in [1.29, 1.82) is 0 Å². The summed E-state index contributed by atoms with van der Waals surface area (Å²) in [5.41, 5.74) is 0.442. The summed E-state index contributed by atoms with van der Waals surface area (Å²) in [6.07, 6.45) is 2.12. The van der Waals surface area contributed by atoms with Gasteiger partial charge in [-0.2, -0.15) is 0 Å². The largest absolute Gasteiger partial charge is 0.396 e. The average Bonchev–Trinajstić information content (AvgIpc) is 2.49. The molecule has 6 heteroatoms. The molecule has 0 saturated carbocycles. The number of aliphatic hydroxyl groups excluding tert-OH is 1. The lowest BCUT2D eigenvalue weighted by Crippen LogP contribution is -2.42. The smallest absolute Gasteiger partial charge is 0.242 e. The molecule has 1 heterocycles. The summed E-state index contributed by atoms with van der Waals surface area (Å²) in [6, 6.07) is 0. The fraction of sp³-hybridized carbons (Fsp3) is 0.700. The number of aromatic nitrogens is 3. The highest BCUT2D eigenvalue weighted by atomic mass is 16.3. The number of carbonyl (C=O) groups excluding carboxylic acids is 1. The lowest BCUT2D eigenvalue weighted by Gasteiger charge is -2.20. The number of hydrogen-bond donors (Lipinski definition) is 2. The lowest BCUT2D eigenvalue weighted by atomic mass is 10.1. The number of amides is 1. The van der Waals surface area contributed by atoms with E-state index in [1.54, 1.807) is 6.20 Å². The number of rotatable bonds is 4. The topological polar surface area (TPSA) is 80.0 Å². The average molecular weight is 226 g/mol. The summed E-state index contributed by atoms with van der Waals surface area (Å²) in [6.45, 7) is 5.94. The van der Waals surface area contributed by atoms with Crippen LogP contribution < -0.4 is 5.32 Å². The first-order valence-corrected chi connectivity index (χ1v) is 5.21. The van der Waals surface area contributed by atoms with Crippen molar-refractivity contribution in [2.75, 3.05) is 6.61 Å². The number of hydrogen-bond acceptors (Lipinski definition) is 4. The molecule has 2 N–H and O–H groups in total. The highest BCUT2D eigenvalue weighted by molar-refractivity contribution is 5.76. The molecule has 1 aromatic heterocycles. The second-order valence-corrected chi connectivity index (χ2v) is 4.68. The van der Waals surface area contributed by atoms with Crippen LogP contribution in [0.5, 0.6) is 0 Å². The third-order valence-electron chi connectivity index (χ3n) is 1.77. The minimum atomic E-state index is -0.244. The van der Waals surface area contributed by atoms with E-state index in [4.69, 9.17) is 5.11 Å². The first-order chi connectivity index (χ1) is 7.40. The summed E-state index contributed by atoms with van der Waals surface area (Å²) in [4.78, 5) is 11.5. The maximum atomic E-state index is 11.5. The Morgan fingerprint density at radius 1 is 1.56 bits per heavy atom. The summed E-state index contributed by atoms with van der Waals surface area (Å²) >= 11 is 0. The summed E-state index contributed by atoms with van der Waals surface area (Å²) in [7, 11) is 0. The van der Waals surface area contributed by atoms with Gasteiger partial charge in [0.05, 0.1) is 5.69 Å². The van der Waals surface area contributed by atoms with Crippen molar-refractivity contribution in [2.45, 2.75) is 39.3 Å². The molecule has 0 aliphatic rings. The van der Waals surface area contributed by atoms with Crippen molar-refractivity contribution in [3.05, 3.63) is 11.9 Å². The number of nitrogens with one attached hydrogen (secondary N) is 1. The van der Waals surface area contributed by atoms with Crippen LogP contribution in [0.1, 0.15) is 26.5 Å². The van der Waals surface area contributed by atoms with Crippen LogP contribution in [0.25, 0.3) is 0 Å². The zero-order valence-corrected chi connectivity index (χ0v) is 9.90. The van der Waals surface area contributed by atoms with Crippen LogP contribution in [-0.2, 0) is 17.8 Å². The molecular weight excluding hydrogens is 208 g/mol. The zero-order chi connectivity index (χ0) is 12.2. The summed E-state index contributed by atoms with van der Waals surface area (Å²) < 4.78 is 1.46. The molecule has 0 bridgehead atoms. The standard InChI is InChI=1S/C10H18N4O2/c1-10(2,3)11-9(16)7-14-6-8(4-5-15)12-13-14/h6,15H,4-5,7H2,1-3H3,(H,11,16). The van der Waals surface area contributed by atoms with Gasteiger partial charge in [-0.3, -0.25) is 4.79 Å². The molecule has 0 fully saturated rings. The van der Waals surface area contributed by atoms with Crippen molar-refractivity contribution in [3.63, 3.8) is 0 Å². The van der Waals surface area contributed by atoms with Gasteiger partial charge in [0.2, 0.25) is 5.91 Å². The molecule has 0 aromatic carbocycles. The van der Waals surface area contributed by atoms with Crippen molar-refractivity contribution in [1.82, 2.24) is 20.3 Å². The number of nitrogens with zero attached hydrogens (tertiary/aromatic N) is 3. The maximum Gasteiger partial charge on any atom is 0.242 e. The maximum absolute atomic E-state index is 11.5. The van der Waals surface area contributed by atoms with Gasteiger partial charge in [-0.15, -0.1) is 5.10 Å². The quantitative estimate of drug-likeness (QED) is 0.740. The summed E-state index contributed by atoms with van der Waals surface area (Å²) in [5, 5.41) is 19.2. The first kappa shape index (κ1) is 12.6. The predicted molar refractivity (Wildman–Crippen MR) is 58.7 cm³/mol. The Labute approximate surface area is 94.7 Å². The Morgan fingerprint density at radius 3 is 2.81 bits per heavy atom. The molecule has 0 spiro atoms. The van der Waals surface area contributed by atoms with Crippen LogP contribution in [0.3, 0.4) is 0 Å². The predicted octanol–water partition coefficient (Wildman–Crippen LogP) is -0.272. The van der Waals surface area contributed by atoms with E-state index in [0.717, 1.165) is 0 Å². The van der Waals surface area contributed by atoms with Crippen LogP contribution in [0.4, 0.5) is 0 Å². The van der Waals surface area contributed by atoms with Gasteiger partial charge in [-0.25, -0.2) is 4.68 Å². The SMILES string of the molecule is CC(C)(C)NC(=O)Cn1cc(CCO)nn1. The molecule has 90 valence electrons. The lowest BCUT2D eigenvalue weighted by molar-refractivity contribution is -0.123. The van der Waals surface area contributed by atoms with E-state index in [-0.39, 0.29) is 24.6 Å². The van der Waals surface area contributed by atoms with Crippen LogP contribution in [0.2, 0.25) is 0 Å². The molecule has 0 aliphatic heterocycles. The van der Waals surface area contributed by atoms with Crippen LogP contribution >= 0.6 is 0 Å². The van der Waals surface area contributed by atoms with Gasteiger partial charge < -0.3 is 10.4 Å². The third-order valence-corrected chi connectivity index (χ3v) is 1.77. The molecule has 0 unspecified atom stereocenters. The second-order valence-electron chi connectivity index (χ2n) is 4.68. The molecule has 1 rings (SSSR count). The van der Waals surface area contributed by atoms with E-state index >= 15 is 0 Å². The van der Waals surface area contributed by atoms with E-state index in [1.807, 2.05) is 20.8 Å². The van der Waals surface area contributed by atoms with Crippen LogP contribution in [-0.4, -0.2) is 38.2 Å². The van der Waals surface area contributed by atoms with Gasteiger partial charge >= 0.3 is 0 Å². The first-order valence-electron chi connectivity index (χ1n) is 5.21. The van der Waals surface area contributed by atoms with E-state index in [9.17, 15) is 4.79 Å². The van der Waals surface area contributed by atoms with Gasteiger partial charge in [-0.1, -0.05) is 5.21 Å². The molecule has 0 atom stereocenters. The Bertz CT molecular complexity index is 354. The van der Waals surface area contributed by atoms with E-state index in [0.29, 0.717) is 12.1 Å². The molecule has 0 radical (unpaired) electrons. The van der Waals surface area contributed by atoms with Crippen molar-refractivity contribution >= 4 is 5.91 Å². The molecular formula is C10H18N4O2. The van der Waals surface area contributed by atoms with Crippen molar-refractivity contribution in [2.24, 2.45) is 0 Å². The number of aliphatic hydroxyl groups is 1. The molecule has 0 aliphatic carbocycles. The highest BCUT2D eigenvalue weighted by Crippen LogP contribution is 1.99. The normalized spacial score (nSPS) is 11.5. The molecule has 6 nitrogen and oxygen atoms in total. The van der Waals surface area contributed by atoms with E-state index < -0.39 is 0 Å². The molecule has 0 saturated heterocycles. The van der Waals surface area contributed by atoms with Crippen molar-refractivity contribution in [3.8, 4) is 0 Å². The Morgan fingerprint density at radius 2 is 2.25 bits per heavy atom. The Kier molecular flexibility index (Phi) is 4.00. The second kappa shape index (κ2) is 5.07. The highest BCUT2D eigenvalue weighted by Gasteiger charge is 2.14. The minimum Gasteiger partial charge on any atom is -0.396 e.